The summed E-state index contributed by atoms with van der Waals surface area (Å²) in [5.41, 5.74) is -4.01. The number of hydrogen-bond acceptors (Lipinski definition) is 9. The molecule has 3 aromatic rings. The number of esters is 1. The van der Waals surface area contributed by atoms with E-state index in [9.17, 15) is 35.2 Å². The second kappa shape index (κ2) is 6.89. The van der Waals surface area contributed by atoms with Crippen molar-refractivity contribution in [2.24, 2.45) is 0 Å². The zero-order chi connectivity index (χ0) is 23.8. The highest BCUT2D eigenvalue weighted by molar-refractivity contribution is 9.13. The Hall–Kier alpha value is -3.71. The molecule has 2 aliphatic heterocycles. The fourth-order valence-electron chi connectivity index (χ4n) is 4.19. The molecule has 0 bridgehead atoms. The maximum Gasteiger partial charge on any atom is 0.362 e. The second-order valence-electron chi connectivity index (χ2n) is 7.12. The molecule has 0 aliphatic carbocycles. The van der Waals surface area contributed by atoms with Crippen molar-refractivity contribution in [3.63, 3.8) is 0 Å². The number of aromatic hydroxyl groups is 2. The first-order valence-corrected chi connectivity index (χ1v) is 10.6. The Morgan fingerprint density at radius 3 is 1.85 bits per heavy atom. The number of nitro groups is 2. The molecule has 0 fully saturated rings. The third-order valence-corrected chi connectivity index (χ3v) is 7.50. The van der Waals surface area contributed by atoms with Crippen LogP contribution >= 0.6 is 31.9 Å². The normalized spacial score (nSPS) is 14.7. The monoisotopic (exact) mass is 578 g/mol. The zero-order valence-corrected chi connectivity index (χ0v) is 19.0. The lowest BCUT2D eigenvalue weighted by molar-refractivity contribution is -0.423. The van der Waals surface area contributed by atoms with Gasteiger partial charge in [0, 0.05) is 33.3 Å². The number of rotatable bonds is 2. The van der Waals surface area contributed by atoms with Crippen LogP contribution in [0.1, 0.15) is 27.0 Å². The number of fused-ring (bicyclic) bond motifs is 6. The van der Waals surface area contributed by atoms with E-state index >= 15 is 0 Å². The number of benzene rings is 3. The average molecular weight is 580 g/mol. The number of carbonyl (C=O) groups excluding carboxylic acids is 1. The van der Waals surface area contributed by atoms with Gasteiger partial charge in [-0.25, -0.2) is 4.79 Å². The molecule has 13 heteroatoms. The van der Waals surface area contributed by atoms with Gasteiger partial charge in [-0.1, -0.05) is 0 Å². The molecule has 2 aliphatic rings. The van der Waals surface area contributed by atoms with Gasteiger partial charge in [0.05, 0.1) is 9.85 Å². The molecule has 0 atom stereocenters. The molecule has 1 spiro atoms. The van der Waals surface area contributed by atoms with E-state index in [1.54, 1.807) is 0 Å². The summed E-state index contributed by atoms with van der Waals surface area (Å²) in [4.78, 5) is 34.7. The summed E-state index contributed by atoms with van der Waals surface area (Å²) in [6.07, 6.45) is 0. The Bertz CT molecular complexity index is 1400. The summed E-state index contributed by atoms with van der Waals surface area (Å²) in [5, 5.41) is 43.5. The van der Waals surface area contributed by atoms with Gasteiger partial charge < -0.3 is 19.7 Å². The van der Waals surface area contributed by atoms with E-state index in [1.165, 1.54) is 36.4 Å². The van der Waals surface area contributed by atoms with E-state index in [0.29, 0.717) is 0 Å². The largest absolute Gasteiger partial charge is 0.508 e. The Balaban J connectivity index is 2.00. The molecule has 11 nitrogen and oxygen atoms in total. The number of phenolic OH excluding ortho intramolecular Hbond substituents is 2. The molecule has 2 heterocycles. The second-order valence-corrected chi connectivity index (χ2v) is 8.71. The van der Waals surface area contributed by atoms with Crippen molar-refractivity contribution in [2.75, 3.05) is 0 Å². The summed E-state index contributed by atoms with van der Waals surface area (Å²) < 4.78 is 11.3. The highest BCUT2D eigenvalue weighted by Crippen LogP contribution is 2.61. The minimum absolute atomic E-state index is 0.0133. The van der Waals surface area contributed by atoms with Crippen LogP contribution in [0.4, 0.5) is 11.4 Å². The third kappa shape index (κ3) is 2.69. The summed E-state index contributed by atoms with van der Waals surface area (Å²) in [6.45, 7) is 0. The minimum atomic E-state index is -1.84. The molecule has 2 N–H and O–H groups in total. The van der Waals surface area contributed by atoms with Crippen molar-refractivity contribution in [1.82, 2.24) is 0 Å². The third-order valence-electron chi connectivity index (χ3n) is 5.41. The number of nitrogens with zero attached hydrogens (tertiary/aromatic N) is 2. The van der Waals surface area contributed by atoms with Crippen LogP contribution in [0.15, 0.2) is 45.3 Å². The number of phenols is 2. The van der Waals surface area contributed by atoms with Gasteiger partial charge in [0.25, 0.3) is 0 Å². The van der Waals surface area contributed by atoms with Crippen LogP contribution < -0.4 is 4.74 Å². The number of hydrogen-bond donors (Lipinski definition) is 2. The van der Waals surface area contributed by atoms with Crippen molar-refractivity contribution in [3.8, 4) is 23.0 Å². The molecular weight excluding hydrogens is 572 g/mol. The Morgan fingerprint density at radius 1 is 0.848 bits per heavy atom. The molecular formula is C20H8Br2N2O9. The molecule has 0 aromatic heterocycles. The van der Waals surface area contributed by atoms with Gasteiger partial charge in [-0.15, -0.1) is 0 Å². The van der Waals surface area contributed by atoms with E-state index in [2.05, 4.69) is 31.9 Å². The molecule has 3 aromatic carbocycles. The lowest BCUT2D eigenvalue weighted by Gasteiger charge is -2.36. The lowest BCUT2D eigenvalue weighted by Crippen LogP contribution is -2.33. The predicted octanol–water partition coefficient (Wildman–Crippen LogP) is 5.01. The van der Waals surface area contributed by atoms with E-state index in [0.717, 1.165) is 0 Å². The smallest absolute Gasteiger partial charge is 0.362 e. The van der Waals surface area contributed by atoms with Crippen molar-refractivity contribution < 1.29 is 34.3 Å². The van der Waals surface area contributed by atoms with Gasteiger partial charge in [-0.05, 0) is 56.1 Å². The Kier molecular flexibility index (Phi) is 4.42. The van der Waals surface area contributed by atoms with Gasteiger partial charge in [-0.3, -0.25) is 20.2 Å². The fourth-order valence-corrected chi connectivity index (χ4v) is 5.39. The highest BCUT2D eigenvalue weighted by Gasteiger charge is 2.59. The summed E-state index contributed by atoms with van der Waals surface area (Å²) in [5.74, 6) is -1.40. The molecule has 5 rings (SSSR count). The molecule has 0 amide bonds. The topological polar surface area (TPSA) is 162 Å². The average Bonchev–Trinajstić information content (AvgIpc) is 3.02. The van der Waals surface area contributed by atoms with Crippen LogP contribution in [-0.4, -0.2) is 26.0 Å². The first-order chi connectivity index (χ1) is 15.6. The maximum absolute atomic E-state index is 13.1. The number of ether oxygens (including phenoxy) is 2. The van der Waals surface area contributed by atoms with E-state index in [-0.39, 0.29) is 48.6 Å². The van der Waals surface area contributed by atoms with Crippen LogP contribution in [0.3, 0.4) is 0 Å². The quantitative estimate of drug-likeness (QED) is 0.241. The van der Waals surface area contributed by atoms with E-state index in [4.69, 9.17) is 9.47 Å². The molecule has 0 unspecified atom stereocenters. The SMILES string of the molecule is O=C1OC2(c3ccc(O)cc3Oc3cc(O)ccc32)c2c(Br)c(Br)c([N+](=O)[O-])c([N+](=O)[O-])c21. The number of halogens is 2. The van der Waals surface area contributed by atoms with E-state index in [1.807, 2.05) is 0 Å². The fraction of sp³-hybridized carbons (Fsp3) is 0.0500. The van der Waals surface area contributed by atoms with Crippen LogP contribution in [0.2, 0.25) is 0 Å². The summed E-state index contributed by atoms with van der Waals surface area (Å²) in [6, 6.07) is 7.94. The molecule has 0 saturated carbocycles. The standard InChI is InChI=1S/C20H8Br2N2O9/c21-15-14-13(17(23(28)29)18(16(15)22)24(30)31)19(27)33-20(14)9-3-1-7(25)5-11(9)32-12-6-8(26)2-4-10(12)20/h1-6,25-26H. The molecule has 166 valence electrons. The highest BCUT2D eigenvalue weighted by atomic mass is 79.9. The molecule has 0 radical (unpaired) electrons. The number of nitro benzene ring substituents is 2. The van der Waals surface area contributed by atoms with Crippen molar-refractivity contribution in [1.29, 1.82) is 0 Å². The van der Waals surface area contributed by atoms with Gasteiger partial charge in [0.2, 0.25) is 0 Å². The van der Waals surface area contributed by atoms with Crippen LogP contribution in [0.25, 0.3) is 0 Å². The van der Waals surface area contributed by atoms with E-state index < -0.39 is 38.4 Å². The molecule has 0 saturated heterocycles. The predicted molar refractivity (Wildman–Crippen MR) is 117 cm³/mol. The zero-order valence-electron chi connectivity index (χ0n) is 15.9. The first-order valence-electron chi connectivity index (χ1n) is 9.00. The van der Waals surface area contributed by atoms with Crippen molar-refractivity contribution >= 4 is 49.2 Å². The van der Waals surface area contributed by atoms with Gasteiger partial charge in [0.15, 0.2) is 11.2 Å². The summed E-state index contributed by atoms with van der Waals surface area (Å²) in [7, 11) is 0. The number of carbonyl (C=O) groups is 1. The van der Waals surface area contributed by atoms with Gasteiger partial charge in [0.1, 0.15) is 27.5 Å². The van der Waals surface area contributed by atoms with Gasteiger partial charge in [-0.2, -0.15) is 0 Å². The van der Waals surface area contributed by atoms with Crippen LogP contribution in [0, 0.1) is 20.2 Å². The Labute approximate surface area is 199 Å². The van der Waals surface area contributed by atoms with Crippen molar-refractivity contribution in [2.45, 2.75) is 5.60 Å². The van der Waals surface area contributed by atoms with Crippen LogP contribution in [-0.2, 0) is 10.3 Å². The Morgan fingerprint density at radius 2 is 1.36 bits per heavy atom. The maximum atomic E-state index is 13.1. The lowest BCUT2D eigenvalue weighted by atomic mass is 9.77. The van der Waals surface area contributed by atoms with Crippen LogP contribution in [0.5, 0.6) is 23.0 Å². The van der Waals surface area contributed by atoms with Crippen molar-refractivity contribution in [3.05, 3.63) is 87.8 Å². The summed E-state index contributed by atoms with van der Waals surface area (Å²) >= 11 is 6.31. The minimum Gasteiger partial charge on any atom is -0.508 e. The van der Waals surface area contributed by atoms with Gasteiger partial charge >= 0.3 is 17.3 Å². The first kappa shape index (κ1) is 21.2. The molecule has 33 heavy (non-hydrogen) atoms.